The molecule has 3 rings (SSSR count). The van der Waals surface area contributed by atoms with Gasteiger partial charge in [0.15, 0.2) is 0 Å². The van der Waals surface area contributed by atoms with Crippen molar-refractivity contribution in [3.05, 3.63) is 23.8 Å². The molecule has 1 aromatic rings. The Morgan fingerprint density at radius 2 is 1.81 bits per heavy atom. The fourth-order valence-corrected chi connectivity index (χ4v) is 3.48. The maximum Gasteiger partial charge on any atom is 0.317 e. The molecule has 2 N–H and O–H groups in total. The maximum atomic E-state index is 12.7. The molecule has 1 amide bonds. The minimum Gasteiger partial charge on any atom is -0.496 e. The van der Waals surface area contributed by atoms with Gasteiger partial charge in [0.1, 0.15) is 17.1 Å². The van der Waals surface area contributed by atoms with Crippen molar-refractivity contribution >= 4 is 11.9 Å². The van der Waals surface area contributed by atoms with E-state index in [4.69, 9.17) is 14.6 Å². The number of amides is 1. The van der Waals surface area contributed by atoms with E-state index in [1.807, 2.05) is 4.90 Å². The quantitative estimate of drug-likeness (QED) is 0.696. The third-order valence-electron chi connectivity index (χ3n) is 5.15. The van der Waals surface area contributed by atoms with Crippen LogP contribution in [0.2, 0.25) is 0 Å². The molecule has 7 nitrogen and oxygen atoms in total. The zero-order valence-electron chi connectivity index (χ0n) is 15.2. The Morgan fingerprint density at radius 1 is 1.19 bits per heavy atom. The Hall–Kier alpha value is -2.28. The Labute approximate surface area is 153 Å². The SMILES string of the molecule is COc1cccc(OC)c1C(=O)NC1CC(N(CC(=O)O)CC2CC2)C1. The molecule has 2 saturated carbocycles. The molecular formula is C19H26N2O5. The standard InChI is InChI=1S/C19H26N2O5/c1-25-15-4-3-5-16(26-2)18(15)19(24)20-13-8-14(9-13)21(11-17(22)23)10-12-6-7-12/h3-5,12-14H,6-11H2,1-2H3,(H,20,24)(H,22,23). The molecule has 0 saturated heterocycles. The number of hydrogen-bond donors (Lipinski definition) is 2. The second-order valence-corrected chi connectivity index (χ2v) is 7.10. The van der Waals surface area contributed by atoms with Crippen molar-refractivity contribution in [3.63, 3.8) is 0 Å². The molecular weight excluding hydrogens is 336 g/mol. The van der Waals surface area contributed by atoms with E-state index >= 15 is 0 Å². The van der Waals surface area contributed by atoms with E-state index in [-0.39, 0.29) is 24.5 Å². The molecule has 0 aromatic heterocycles. The fraction of sp³-hybridized carbons (Fsp3) is 0.579. The van der Waals surface area contributed by atoms with E-state index in [1.54, 1.807) is 18.2 Å². The summed E-state index contributed by atoms with van der Waals surface area (Å²) < 4.78 is 10.6. The lowest BCUT2D eigenvalue weighted by Crippen LogP contribution is -2.55. The van der Waals surface area contributed by atoms with Crippen LogP contribution in [0.25, 0.3) is 0 Å². The van der Waals surface area contributed by atoms with E-state index in [9.17, 15) is 9.59 Å². The van der Waals surface area contributed by atoms with Crippen molar-refractivity contribution in [1.29, 1.82) is 0 Å². The van der Waals surface area contributed by atoms with Gasteiger partial charge in [0.2, 0.25) is 0 Å². The predicted octanol–water partition coefficient (Wildman–Crippen LogP) is 1.76. The Morgan fingerprint density at radius 3 is 2.31 bits per heavy atom. The van der Waals surface area contributed by atoms with Gasteiger partial charge in [-0.05, 0) is 43.7 Å². The molecule has 2 aliphatic carbocycles. The van der Waals surface area contributed by atoms with Crippen LogP contribution in [0.5, 0.6) is 11.5 Å². The highest BCUT2D eigenvalue weighted by molar-refractivity contribution is 6.00. The highest BCUT2D eigenvalue weighted by Gasteiger charge is 2.38. The number of carbonyl (C=O) groups excluding carboxylic acids is 1. The largest absolute Gasteiger partial charge is 0.496 e. The van der Waals surface area contributed by atoms with Crippen molar-refractivity contribution in [2.24, 2.45) is 5.92 Å². The second-order valence-electron chi connectivity index (χ2n) is 7.10. The van der Waals surface area contributed by atoms with Gasteiger partial charge in [-0.15, -0.1) is 0 Å². The van der Waals surface area contributed by atoms with Gasteiger partial charge >= 0.3 is 5.97 Å². The average Bonchev–Trinajstić information content (AvgIpc) is 3.39. The first-order valence-electron chi connectivity index (χ1n) is 8.99. The zero-order valence-corrected chi connectivity index (χ0v) is 15.2. The Kier molecular flexibility index (Phi) is 5.66. The van der Waals surface area contributed by atoms with Crippen LogP contribution < -0.4 is 14.8 Å². The molecule has 26 heavy (non-hydrogen) atoms. The number of ether oxygens (including phenoxy) is 2. The minimum absolute atomic E-state index is 0.0395. The highest BCUT2D eigenvalue weighted by atomic mass is 16.5. The fourth-order valence-electron chi connectivity index (χ4n) is 3.48. The Balaban J connectivity index is 1.58. The number of hydrogen-bond acceptors (Lipinski definition) is 5. The summed E-state index contributed by atoms with van der Waals surface area (Å²) in [6.45, 7) is 0.917. The van der Waals surface area contributed by atoms with Crippen molar-refractivity contribution in [2.75, 3.05) is 27.3 Å². The summed E-state index contributed by atoms with van der Waals surface area (Å²) >= 11 is 0. The van der Waals surface area contributed by atoms with E-state index in [2.05, 4.69) is 5.32 Å². The van der Waals surface area contributed by atoms with Crippen LogP contribution in [0.1, 0.15) is 36.0 Å². The number of carboxylic acid groups (broad SMARTS) is 1. The van der Waals surface area contributed by atoms with E-state index in [1.165, 1.54) is 27.1 Å². The van der Waals surface area contributed by atoms with E-state index in [0.29, 0.717) is 23.0 Å². The monoisotopic (exact) mass is 362 g/mol. The number of benzene rings is 1. The van der Waals surface area contributed by atoms with Crippen LogP contribution in [-0.4, -0.2) is 61.3 Å². The number of methoxy groups -OCH3 is 2. The van der Waals surface area contributed by atoms with Gasteiger partial charge in [-0.1, -0.05) is 6.07 Å². The van der Waals surface area contributed by atoms with Gasteiger partial charge in [0.25, 0.3) is 5.91 Å². The van der Waals surface area contributed by atoms with Crippen LogP contribution in [0.15, 0.2) is 18.2 Å². The molecule has 0 heterocycles. The second kappa shape index (κ2) is 7.95. The molecule has 0 aliphatic heterocycles. The molecule has 0 bridgehead atoms. The molecule has 142 valence electrons. The lowest BCUT2D eigenvalue weighted by molar-refractivity contribution is -0.139. The molecule has 0 spiro atoms. The van der Waals surface area contributed by atoms with Gasteiger partial charge in [-0.25, -0.2) is 0 Å². The number of carbonyl (C=O) groups is 2. The summed E-state index contributed by atoms with van der Waals surface area (Å²) in [6, 6.07) is 5.49. The summed E-state index contributed by atoms with van der Waals surface area (Å²) in [5.41, 5.74) is 0.390. The first-order chi connectivity index (χ1) is 12.5. The topological polar surface area (TPSA) is 88.1 Å². The normalized spacial score (nSPS) is 21.8. The highest BCUT2D eigenvalue weighted by Crippen LogP contribution is 2.34. The number of rotatable bonds is 9. The summed E-state index contributed by atoms with van der Waals surface area (Å²) in [5, 5.41) is 12.1. The van der Waals surface area contributed by atoms with Crippen LogP contribution in [0.4, 0.5) is 0 Å². The van der Waals surface area contributed by atoms with Crippen molar-refractivity contribution in [1.82, 2.24) is 10.2 Å². The summed E-state index contributed by atoms with van der Waals surface area (Å²) in [4.78, 5) is 25.8. The van der Waals surface area contributed by atoms with Gasteiger partial charge in [-0.2, -0.15) is 0 Å². The number of nitrogens with one attached hydrogen (secondary N) is 1. The van der Waals surface area contributed by atoms with Crippen molar-refractivity contribution in [2.45, 2.75) is 37.8 Å². The van der Waals surface area contributed by atoms with Crippen molar-refractivity contribution < 1.29 is 24.2 Å². The molecule has 0 radical (unpaired) electrons. The molecule has 0 atom stereocenters. The summed E-state index contributed by atoms with van der Waals surface area (Å²) in [7, 11) is 3.04. The lowest BCUT2D eigenvalue weighted by atomic mass is 9.85. The molecule has 2 fully saturated rings. The van der Waals surface area contributed by atoms with Crippen LogP contribution in [0, 0.1) is 5.92 Å². The van der Waals surface area contributed by atoms with E-state index < -0.39 is 5.97 Å². The first kappa shape index (κ1) is 18.5. The number of nitrogens with zero attached hydrogens (tertiary/aromatic N) is 1. The van der Waals surface area contributed by atoms with Crippen LogP contribution in [0.3, 0.4) is 0 Å². The summed E-state index contributed by atoms with van der Waals surface area (Å²) in [6.07, 6.45) is 3.92. The third-order valence-corrected chi connectivity index (χ3v) is 5.15. The Bertz CT molecular complexity index is 646. The molecule has 7 heteroatoms. The van der Waals surface area contributed by atoms with Gasteiger partial charge in [0.05, 0.1) is 20.8 Å². The van der Waals surface area contributed by atoms with Gasteiger partial charge in [-0.3, -0.25) is 14.5 Å². The molecule has 1 aromatic carbocycles. The maximum absolute atomic E-state index is 12.7. The van der Waals surface area contributed by atoms with Crippen molar-refractivity contribution in [3.8, 4) is 11.5 Å². The zero-order chi connectivity index (χ0) is 18.7. The predicted molar refractivity (Wildman–Crippen MR) is 95.8 cm³/mol. The number of aliphatic carboxylic acids is 1. The molecule has 0 unspecified atom stereocenters. The average molecular weight is 362 g/mol. The van der Waals surface area contributed by atoms with Gasteiger partial charge in [0, 0.05) is 18.6 Å². The minimum atomic E-state index is -0.795. The summed E-state index contributed by atoms with van der Waals surface area (Å²) in [5.74, 6) is 0.561. The lowest BCUT2D eigenvalue weighted by Gasteiger charge is -2.42. The van der Waals surface area contributed by atoms with Crippen LogP contribution in [-0.2, 0) is 4.79 Å². The van der Waals surface area contributed by atoms with Crippen LogP contribution >= 0.6 is 0 Å². The number of carboxylic acids is 1. The first-order valence-corrected chi connectivity index (χ1v) is 8.99. The molecule has 2 aliphatic rings. The smallest absolute Gasteiger partial charge is 0.317 e. The van der Waals surface area contributed by atoms with Gasteiger partial charge < -0.3 is 19.9 Å². The third kappa shape index (κ3) is 4.27. The van der Waals surface area contributed by atoms with E-state index in [0.717, 1.165) is 19.4 Å².